The molecule has 1 N–H and O–H groups in total. The van der Waals surface area contributed by atoms with Crippen LogP contribution in [0.4, 0.5) is 5.82 Å². The van der Waals surface area contributed by atoms with Gasteiger partial charge in [0.2, 0.25) is 17.7 Å². The summed E-state index contributed by atoms with van der Waals surface area (Å²) in [6, 6.07) is 10.8. The molecule has 9 heteroatoms. The minimum atomic E-state index is -0.520. The molecule has 2 unspecified atom stereocenters. The molecule has 3 heterocycles. The average Bonchev–Trinajstić information content (AvgIpc) is 3.31. The molecule has 146 valence electrons. The smallest absolute Gasteiger partial charge is 0.247 e. The Hall–Kier alpha value is -3.04. The number of carbonyl (C=O) groups excluding carboxylic acids is 1. The number of aryl methyl sites for hydroxylation is 2. The van der Waals surface area contributed by atoms with Crippen molar-refractivity contribution in [3.8, 4) is 0 Å². The van der Waals surface area contributed by atoms with E-state index in [4.69, 9.17) is 13.7 Å². The molecule has 9 nitrogen and oxygen atoms in total. The summed E-state index contributed by atoms with van der Waals surface area (Å²) in [4.78, 5) is 15.2. The Kier molecular flexibility index (Phi) is 5.18. The van der Waals surface area contributed by atoms with Gasteiger partial charge in [-0.2, -0.15) is 0 Å². The molecule has 28 heavy (non-hydrogen) atoms. The molecule has 0 bridgehead atoms. The number of aromatic nitrogens is 3. The number of ether oxygens (including phenoxy) is 1. The second-order valence-corrected chi connectivity index (χ2v) is 6.64. The summed E-state index contributed by atoms with van der Waals surface area (Å²) in [5, 5.41) is 14.6. The van der Waals surface area contributed by atoms with Crippen molar-refractivity contribution in [1.29, 1.82) is 0 Å². The lowest BCUT2D eigenvalue weighted by atomic mass is 10.0. The lowest BCUT2D eigenvalue weighted by molar-refractivity contribution is -0.126. The number of benzene rings is 1. The van der Waals surface area contributed by atoms with Crippen molar-refractivity contribution in [2.24, 2.45) is 0 Å². The fraction of sp³-hybridized carbons (Fsp3) is 0.368. The number of amides is 1. The Morgan fingerprint density at radius 1 is 1.25 bits per heavy atom. The molecule has 2 atom stereocenters. The molecule has 1 amide bonds. The minimum Gasteiger partial charge on any atom is -0.423 e. The number of carbonyl (C=O) groups is 1. The van der Waals surface area contributed by atoms with E-state index in [1.807, 2.05) is 35.2 Å². The monoisotopic (exact) mass is 383 g/mol. The van der Waals surface area contributed by atoms with E-state index in [0.29, 0.717) is 43.1 Å². The third kappa shape index (κ3) is 3.95. The van der Waals surface area contributed by atoms with Gasteiger partial charge in [-0.1, -0.05) is 35.5 Å². The molecule has 1 aliphatic rings. The van der Waals surface area contributed by atoms with E-state index < -0.39 is 6.04 Å². The van der Waals surface area contributed by atoms with Crippen LogP contribution in [0.15, 0.2) is 45.3 Å². The zero-order valence-corrected chi connectivity index (χ0v) is 15.7. The van der Waals surface area contributed by atoms with Crippen LogP contribution in [-0.4, -0.2) is 45.9 Å². The number of hydrogen-bond donors (Lipinski definition) is 1. The van der Waals surface area contributed by atoms with Crippen LogP contribution in [0.1, 0.15) is 35.3 Å². The Morgan fingerprint density at radius 2 is 2.07 bits per heavy atom. The van der Waals surface area contributed by atoms with Gasteiger partial charge in [-0.25, -0.2) is 0 Å². The first-order valence-electron chi connectivity index (χ1n) is 9.05. The summed E-state index contributed by atoms with van der Waals surface area (Å²) in [5.74, 6) is 1.73. The summed E-state index contributed by atoms with van der Waals surface area (Å²) in [6.45, 7) is 5.00. The number of anilines is 1. The van der Waals surface area contributed by atoms with Crippen LogP contribution < -0.4 is 5.32 Å². The van der Waals surface area contributed by atoms with Crippen molar-refractivity contribution in [2.75, 3.05) is 25.0 Å². The van der Waals surface area contributed by atoms with Crippen LogP contribution in [0.3, 0.4) is 0 Å². The Bertz CT molecular complexity index is 939. The molecule has 0 saturated carbocycles. The van der Waals surface area contributed by atoms with Gasteiger partial charge in [0.25, 0.3) is 0 Å². The lowest BCUT2D eigenvalue weighted by Gasteiger charge is -2.36. The molecule has 1 fully saturated rings. The van der Waals surface area contributed by atoms with Crippen LogP contribution in [0.5, 0.6) is 0 Å². The van der Waals surface area contributed by atoms with Gasteiger partial charge in [-0.3, -0.25) is 9.69 Å². The highest BCUT2D eigenvalue weighted by Crippen LogP contribution is 2.29. The maximum absolute atomic E-state index is 13.1. The third-order valence-electron chi connectivity index (χ3n) is 4.52. The van der Waals surface area contributed by atoms with Gasteiger partial charge in [0.05, 0.1) is 6.61 Å². The molecule has 1 saturated heterocycles. The average molecular weight is 383 g/mol. The number of rotatable bonds is 5. The zero-order valence-electron chi connectivity index (χ0n) is 15.7. The largest absolute Gasteiger partial charge is 0.423 e. The Labute approximate surface area is 161 Å². The van der Waals surface area contributed by atoms with Crippen LogP contribution in [0.2, 0.25) is 0 Å². The summed E-state index contributed by atoms with van der Waals surface area (Å²) in [5.41, 5.74) is 0.877. The van der Waals surface area contributed by atoms with Crippen molar-refractivity contribution in [1.82, 2.24) is 20.3 Å². The highest BCUT2D eigenvalue weighted by Gasteiger charge is 2.35. The minimum absolute atomic E-state index is 0.193. The lowest BCUT2D eigenvalue weighted by Crippen LogP contribution is -2.45. The third-order valence-corrected chi connectivity index (χ3v) is 4.52. The molecule has 2 aromatic heterocycles. The van der Waals surface area contributed by atoms with Gasteiger partial charge in [0.15, 0.2) is 5.82 Å². The maximum atomic E-state index is 13.1. The van der Waals surface area contributed by atoms with Crippen LogP contribution in [0.25, 0.3) is 0 Å². The standard InChI is InChI=1S/C19H21N5O4/c1-12-10-16(23-28-12)20-18(25)17(14-6-4-3-5-7-14)24-8-9-26-15(11-24)19-22-21-13(2)27-19/h3-7,10,15,17H,8-9,11H2,1-2H3,(H,20,23,25). The van der Waals surface area contributed by atoms with Crippen molar-refractivity contribution in [3.63, 3.8) is 0 Å². The van der Waals surface area contributed by atoms with Gasteiger partial charge in [0.1, 0.15) is 17.9 Å². The number of nitrogens with zero attached hydrogens (tertiary/aromatic N) is 4. The van der Waals surface area contributed by atoms with E-state index >= 15 is 0 Å². The van der Waals surface area contributed by atoms with Crippen LogP contribution >= 0.6 is 0 Å². The van der Waals surface area contributed by atoms with E-state index in [2.05, 4.69) is 20.7 Å². The fourth-order valence-electron chi connectivity index (χ4n) is 3.28. The van der Waals surface area contributed by atoms with E-state index in [0.717, 1.165) is 5.56 Å². The molecule has 4 rings (SSSR count). The highest BCUT2D eigenvalue weighted by molar-refractivity contribution is 5.94. The summed E-state index contributed by atoms with van der Waals surface area (Å²) in [7, 11) is 0. The summed E-state index contributed by atoms with van der Waals surface area (Å²) in [6.07, 6.45) is -0.386. The predicted octanol–water partition coefficient (Wildman–Crippen LogP) is 2.43. The Balaban J connectivity index is 1.58. The second kappa shape index (κ2) is 7.91. The van der Waals surface area contributed by atoms with E-state index in [1.165, 1.54) is 0 Å². The van der Waals surface area contributed by atoms with Crippen molar-refractivity contribution in [2.45, 2.75) is 26.0 Å². The molecule has 0 aliphatic carbocycles. The van der Waals surface area contributed by atoms with Gasteiger partial charge in [-0.05, 0) is 12.5 Å². The molecular formula is C19H21N5O4. The number of hydrogen-bond acceptors (Lipinski definition) is 8. The second-order valence-electron chi connectivity index (χ2n) is 6.64. The SMILES string of the molecule is Cc1cc(NC(=O)C(c2ccccc2)N2CCOC(c3nnc(C)o3)C2)no1. The molecule has 1 aliphatic heterocycles. The molecule has 1 aromatic carbocycles. The first kappa shape index (κ1) is 18.3. The zero-order chi connectivity index (χ0) is 19.5. The van der Waals surface area contributed by atoms with E-state index in [9.17, 15) is 4.79 Å². The van der Waals surface area contributed by atoms with Crippen LogP contribution in [0, 0.1) is 13.8 Å². The maximum Gasteiger partial charge on any atom is 0.247 e. The van der Waals surface area contributed by atoms with Crippen molar-refractivity contribution in [3.05, 3.63) is 59.5 Å². The van der Waals surface area contributed by atoms with Gasteiger partial charge in [-0.15, -0.1) is 10.2 Å². The molecular weight excluding hydrogens is 362 g/mol. The quantitative estimate of drug-likeness (QED) is 0.716. The normalized spacial score (nSPS) is 18.7. The van der Waals surface area contributed by atoms with E-state index in [-0.39, 0.29) is 12.0 Å². The highest BCUT2D eigenvalue weighted by atomic mass is 16.5. The summed E-state index contributed by atoms with van der Waals surface area (Å²) >= 11 is 0. The van der Waals surface area contributed by atoms with Gasteiger partial charge < -0.3 is 19.0 Å². The number of morpholine rings is 1. The van der Waals surface area contributed by atoms with E-state index in [1.54, 1.807) is 19.9 Å². The Morgan fingerprint density at radius 3 is 2.75 bits per heavy atom. The van der Waals surface area contributed by atoms with Crippen molar-refractivity contribution >= 4 is 11.7 Å². The fourth-order valence-corrected chi connectivity index (χ4v) is 3.28. The molecule has 0 radical (unpaired) electrons. The van der Waals surface area contributed by atoms with Gasteiger partial charge in [0, 0.05) is 26.1 Å². The van der Waals surface area contributed by atoms with Gasteiger partial charge >= 0.3 is 0 Å². The first-order valence-corrected chi connectivity index (χ1v) is 9.05. The van der Waals surface area contributed by atoms with Crippen molar-refractivity contribution < 1.29 is 18.5 Å². The topological polar surface area (TPSA) is 107 Å². The molecule has 3 aromatic rings. The summed E-state index contributed by atoms with van der Waals surface area (Å²) < 4.78 is 16.4. The molecule has 0 spiro atoms. The number of nitrogens with one attached hydrogen (secondary N) is 1. The first-order chi connectivity index (χ1) is 13.6. The predicted molar refractivity (Wildman–Crippen MR) is 98.4 cm³/mol. The van der Waals surface area contributed by atoms with Crippen LogP contribution in [-0.2, 0) is 9.53 Å².